The maximum absolute atomic E-state index is 12.8. The fraction of sp³-hybridized carbons (Fsp3) is 0.958. The van der Waals surface area contributed by atoms with Gasteiger partial charge in [-0.2, -0.15) is 0 Å². The van der Waals surface area contributed by atoms with Crippen molar-refractivity contribution < 1.29 is 4.79 Å². The number of hydrogen-bond acceptors (Lipinski definition) is 1. The van der Waals surface area contributed by atoms with E-state index in [2.05, 4.69) is 6.92 Å². The van der Waals surface area contributed by atoms with Gasteiger partial charge in [0.05, 0.1) is 0 Å². The molecule has 1 nitrogen and oxygen atoms in total. The zero-order chi connectivity index (χ0) is 17.5. The Hall–Kier alpha value is -0.330. The number of carbonyl (C=O) groups is 1. The molecule has 0 aromatic rings. The van der Waals surface area contributed by atoms with Crippen LogP contribution in [0, 0.1) is 23.2 Å². The van der Waals surface area contributed by atoms with Crippen molar-refractivity contribution in [2.75, 3.05) is 0 Å². The lowest BCUT2D eigenvalue weighted by Crippen LogP contribution is -2.53. The quantitative estimate of drug-likeness (QED) is 0.316. The number of carbonyl (C=O) groups excluding carboxylic acids is 1. The third kappa shape index (κ3) is 5.10. The summed E-state index contributed by atoms with van der Waals surface area (Å²) in [6.07, 6.45) is 24.6. The maximum Gasteiger partial charge on any atom is 0.142 e. The van der Waals surface area contributed by atoms with Gasteiger partial charge in [0.1, 0.15) is 5.78 Å². The van der Waals surface area contributed by atoms with Crippen molar-refractivity contribution in [3.8, 4) is 0 Å². The Morgan fingerprint density at radius 1 is 0.720 bits per heavy atom. The zero-order valence-electron chi connectivity index (χ0n) is 16.9. The van der Waals surface area contributed by atoms with E-state index in [4.69, 9.17) is 0 Å². The standard InChI is InChI=1S/C24H42O/c1-2-3-4-5-6-7-8-9-10-11-12-13-14-24-18-20-15-21(19-24)17-22(16-20)23(24)25/h20-22H,2-19H2,1H3/t20-,21+,22?,24?. The highest BCUT2D eigenvalue weighted by atomic mass is 16.1. The summed E-state index contributed by atoms with van der Waals surface area (Å²) in [6.45, 7) is 2.29. The summed E-state index contributed by atoms with van der Waals surface area (Å²) in [5.74, 6) is 2.99. The Kier molecular flexibility index (Phi) is 7.43. The van der Waals surface area contributed by atoms with Crippen molar-refractivity contribution in [3.63, 3.8) is 0 Å². The molecule has 0 aromatic heterocycles. The van der Waals surface area contributed by atoms with E-state index in [-0.39, 0.29) is 5.41 Å². The van der Waals surface area contributed by atoms with Gasteiger partial charge in [-0.3, -0.25) is 4.79 Å². The fourth-order valence-corrected chi connectivity index (χ4v) is 6.57. The first-order valence-electron chi connectivity index (χ1n) is 11.8. The van der Waals surface area contributed by atoms with Crippen LogP contribution in [0.5, 0.6) is 0 Å². The van der Waals surface area contributed by atoms with E-state index in [1.807, 2.05) is 0 Å². The maximum atomic E-state index is 12.8. The van der Waals surface area contributed by atoms with Crippen LogP contribution in [-0.2, 0) is 4.79 Å². The minimum atomic E-state index is 0.160. The lowest BCUT2D eigenvalue weighted by molar-refractivity contribution is -0.153. The smallest absolute Gasteiger partial charge is 0.142 e. The van der Waals surface area contributed by atoms with Gasteiger partial charge in [0.2, 0.25) is 0 Å². The lowest BCUT2D eigenvalue weighted by atomic mass is 9.48. The molecular weight excluding hydrogens is 304 g/mol. The van der Waals surface area contributed by atoms with Crippen LogP contribution in [0.2, 0.25) is 0 Å². The second-order valence-corrected chi connectivity index (χ2v) is 9.83. The monoisotopic (exact) mass is 346 g/mol. The lowest BCUT2D eigenvalue weighted by Gasteiger charge is -2.55. The molecule has 4 aliphatic rings. The molecule has 4 fully saturated rings. The van der Waals surface area contributed by atoms with Crippen LogP contribution in [-0.4, -0.2) is 5.78 Å². The molecule has 0 heterocycles. The van der Waals surface area contributed by atoms with Crippen LogP contribution in [0.3, 0.4) is 0 Å². The highest BCUT2D eigenvalue weighted by Crippen LogP contribution is 2.59. The summed E-state index contributed by atoms with van der Waals surface area (Å²) in [5.41, 5.74) is 0.160. The van der Waals surface area contributed by atoms with Gasteiger partial charge in [0.15, 0.2) is 0 Å². The van der Waals surface area contributed by atoms with Crippen LogP contribution >= 0.6 is 0 Å². The Morgan fingerprint density at radius 2 is 1.20 bits per heavy atom. The van der Waals surface area contributed by atoms with Crippen molar-refractivity contribution in [1.29, 1.82) is 0 Å². The molecule has 0 saturated heterocycles. The average Bonchev–Trinajstić information content (AvgIpc) is 2.60. The molecule has 4 aliphatic carbocycles. The molecule has 1 heteroatoms. The molecule has 4 bridgehead atoms. The number of ketones is 1. The third-order valence-corrected chi connectivity index (χ3v) is 7.66. The number of unbranched alkanes of at least 4 members (excludes halogenated alkanes) is 11. The number of Topliss-reactive ketones (excluding diaryl/α,β-unsaturated/α-hetero) is 1. The highest BCUT2D eigenvalue weighted by Gasteiger charge is 2.55. The van der Waals surface area contributed by atoms with Crippen LogP contribution in [0.15, 0.2) is 0 Å². The normalized spacial score (nSPS) is 33.3. The second-order valence-electron chi connectivity index (χ2n) is 9.83. The van der Waals surface area contributed by atoms with E-state index in [9.17, 15) is 4.79 Å². The minimum absolute atomic E-state index is 0.160. The van der Waals surface area contributed by atoms with E-state index in [0.29, 0.717) is 11.7 Å². The Balaban J connectivity index is 1.21. The first-order valence-corrected chi connectivity index (χ1v) is 11.8. The highest BCUT2D eigenvalue weighted by molar-refractivity contribution is 5.89. The molecule has 0 aromatic carbocycles. The Labute approximate surface area is 156 Å². The van der Waals surface area contributed by atoms with Gasteiger partial charge >= 0.3 is 0 Å². The van der Waals surface area contributed by atoms with E-state index >= 15 is 0 Å². The van der Waals surface area contributed by atoms with E-state index in [0.717, 1.165) is 11.8 Å². The molecule has 0 N–H and O–H groups in total. The SMILES string of the molecule is CCCCCCCCCCCCCCC12C[C@@H]3CC(C[C@@H](C3)C1)C2=O. The van der Waals surface area contributed by atoms with Crippen molar-refractivity contribution in [3.05, 3.63) is 0 Å². The van der Waals surface area contributed by atoms with Crippen molar-refractivity contribution in [2.45, 2.75) is 122 Å². The average molecular weight is 347 g/mol. The number of hydrogen-bond donors (Lipinski definition) is 0. The molecule has 2 unspecified atom stereocenters. The Bertz CT molecular complexity index is 398. The first kappa shape index (κ1) is 19.4. The largest absolute Gasteiger partial charge is 0.299 e. The summed E-state index contributed by atoms with van der Waals surface area (Å²) >= 11 is 0. The van der Waals surface area contributed by atoms with E-state index in [1.165, 1.54) is 116 Å². The van der Waals surface area contributed by atoms with Gasteiger partial charge in [0, 0.05) is 11.3 Å². The summed E-state index contributed by atoms with van der Waals surface area (Å²) in [4.78, 5) is 12.8. The molecule has 0 amide bonds. The summed E-state index contributed by atoms with van der Waals surface area (Å²) < 4.78 is 0. The molecule has 4 rings (SSSR count). The van der Waals surface area contributed by atoms with Gasteiger partial charge in [0.25, 0.3) is 0 Å². The minimum Gasteiger partial charge on any atom is -0.299 e. The topological polar surface area (TPSA) is 17.1 Å². The van der Waals surface area contributed by atoms with E-state index < -0.39 is 0 Å². The van der Waals surface area contributed by atoms with Crippen LogP contribution in [0.1, 0.15) is 122 Å². The number of rotatable bonds is 13. The van der Waals surface area contributed by atoms with Crippen molar-refractivity contribution >= 4 is 5.78 Å². The van der Waals surface area contributed by atoms with Gasteiger partial charge in [-0.15, -0.1) is 0 Å². The predicted molar refractivity (Wildman–Crippen MR) is 107 cm³/mol. The predicted octanol–water partition coefficient (Wildman–Crippen LogP) is 7.47. The molecule has 0 spiro atoms. The van der Waals surface area contributed by atoms with Gasteiger partial charge < -0.3 is 0 Å². The molecular formula is C24H42O. The van der Waals surface area contributed by atoms with Crippen LogP contribution in [0.4, 0.5) is 0 Å². The van der Waals surface area contributed by atoms with Gasteiger partial charge in [-0.05, 0) is 50.4 Å². The van der Waals surface area contributed by atoms with Crippen LogP contribution < -0.4 is 0 Å². The van der Waals surface area contributed by atoms with E-state index in [1.54, 1.807) is 0 Å². The summed E-state index contributed by atoms with van der Waals surface area (Å²) in [7, 11) is 0. The molecule has 144 valence electrons. The van der Waals surface area contributed by atoms with Crippen molar-refractivity contribution in [1.82, 2.24) is 0 Å². The first-order chi connectivity index (χ1) is 12.2. The Morgan fingerprint density at radius 3 is 1.72 bits per heavy atom. The third-order valence-electron chi connectivity index (χ3n) is 7.66. The second kappa shape index (κ2) is 9.56. The fourth-order valence-electron chi connectivity index (χ4n) is 6.57. The molecule has 4 atom stereocenters. The summed E-state index contributed by atoms with van der Waals surface area (Å²) in [5, 5.41) is 0. The molecule has 0 radical (unpaired) electrons. The molecule has 25 heavy (non-hydrogen) atoms. The van der Waals surface area contributed by atoms with Crippen molar-refractivity contribution in [2.24, 2.45) is 23.2 Å². The summed E-state index contributed by atoms with van der Waals surface area (Å²) in [6, 6.07) is 0. The van der Waals surface area contributed by atoms with Crippen LogP contribution in [0.25, 0.3) is 0 Å². The molecule has 0 aliphatic heterocycles. The molecule has 4 saturated carbocycles. The zero-order valence-corrected chi connectivity index (χ0v) is 16.9. The van der Waals surface area contributed by atoms with Gasteiger partial charge in [-0.1, -0.05) is 84.0 Å². The van der Waals surface area contributed by atoms with Gasteiger partial charge in [-0.25, -0.2) is 0 Å².